The van der Waals surface area contributed by atoms with Gasteiger partial charge in [0.2, 0.25) is 5.91 Å². The average Bonchev–Trinajstić information content (AvgIpc) is 2.57. The number of hydrogen-bond donors (Lipinski definition) is 1. The minimum Gasteiger partial charge on any atom is -0.379 e. The van der Waals surface area contributed by atoms with Crippen LogP contribution in [0.1, 0.15) is 38.3 Å². The summed E-state index contributed by atoms with van der Waals surface area (Å²) in [6.07, 6.45) is 4.45. The summed E-state index contributed by atoms with van der Waals surface area (Å²) >= 11 is 0. The van der Waals surface area contributed by atoms with E-state index in [-0.39, 0.29) is 11.3 Å². The van der Waals surface area contributed by atoms with E-state index in [2.05, 4.69) is 55.3 Å². The summed E-state index contributed by atoms with van der Waals surface area (Å²) < 4.78 is 5.32. The summed E-state index contributed by atoms with van der Waals surface area (Å²) in [7, 11) is 0. The lowest BCUT2D eigenvalue weighted by atomic mass is 9.87. The van der Waals surface area contributed by atoms with Gasteiger partial charge in [-0.25, -0.2) is 0 Å². The third-order valence-electron chi connectivity index (χ3n) is 4.26. The molecule has 4 heteroatoms. The highest BCUT2D eigenvalue weighted by molar-refractivity contribution is 5.91. The molecule has 1 amide bonds. The minimum atomic E-state index is -0.0307. The predicted molar refractivity (Wildman–Crippen MR) is 99.1 cm³/mol. The highest BCUT2D eigenvalue weighted by atomic mass is 16.5. The number of nitrogens with one attached hydrogen (secondary N) is 1. The number of hydrogen-bond acceptors (Lipinski definition) is 3. The molecule has 1 heterocycles. The lowest BCUT2D eigenvalue weighted by Crippen LogP contribution is -2.38. The molecule has 0 aliphatic carbocycles. The van der Waals surface area contributed by atoms with Crippen molar-refractivity contribution in [2.75, 3.05) is 39.4 Å². The van der Waals surface area contributed by atoms with Crippen molar-refractivity contribution in [3.63, 3.8) is 0 Å². The van der Waals surface area contributed by atoms with Gasteiger partial charge < -0.3 is 10.1 Å². The first-order valence-electron chi connectivity index (χ1n) is 8.82. The molecule has 1 N–H and O–H groups in total. The second-order valence-corrected chi connectivity index (χ2v) is 7.30. The van der Waals surface area contributed by atoms with E-state index in [0.717, 1.165) is 44.8 Å². The van der Waals surface area contributed by atoms with E-state index in [4.69, 9.17) is 4.74 Å². The van der Waals surface area contributed by atoms with Crippen molar-refractivity contribution in [2.24, 2.45) is 0 Å². The Morgan fingerprint density at radius 1 is 1.21 bits per heavy atom. The van der Waals surface area contributed by atoms with E-state index in [9.17, 15) is 4.79 Å². The fourth-order valence-electron chi connectivity index (χ4n) is 2.66. The van der Waals surface area contributed by atoms with Crippen molar-refractivity contribution in [1.82, 2.24) is 10.2 Å². The van der Waals surface area contributed by atoms with E-state index in [1.165, 1.54) is 5.56 Å². The molecule has 4 nitrogen and oxygen atoms in total. The SMILES string of the molecule is CC(C)(C)c1ccc(C=CC(=O)NCCCN2CCOCC2)cc1. The normalized spacial score (nSPS) is 16.5. The number of benzene rings is 1. The number of morpholine rings is 1. The van der Waals surface area contributed by atoms with Gasteiger partial charge in [0.1, 0.15) is 0 Å². The van der Waals surface area contributed by atoms with E-state index < -0.39 is 0 Å². The zero-order valence-corrected chi connectivity index (χ0v) is 15.2. The molecule has 1 aromatic rings. The Bertz CT molecular complexity index is 538. The zero-order valence-electron chi connectivity index (χ0n) is 15.2. The molecular formula is C20H30N2O2. The van der Waals surface area contributed by atoms with Gasteiger partial charge in [0.15, 0.2) is 0 Å². The fraction of sp³-hybridized carbons (Fsp3) is 0.550. The Hall–Kier alpha value is -1.65. The van der Waals surface area contributed by atoms with Crippen LogP contribution in [0.2, 0.25) is 0 Å². The smallest absolute Gasteiger partial charge is 0.243 e. The van der Waals surface area contributed by atoms with E-state index in [1.807, 2.05) is 6.08 Å². The summed E-state index contributed by atoms with van der Waals surface area (Å²) in [6, 6.07) is 8.37. The van der Waals surface area contributed by atoms with Gasteiger partial charge in [0, 0.05) is 25.7 Å². The van der Waals surface area contributed by atoms with Gasteiger partial charge in [-0.15, -0.1) is 0 Å². The molecule has 1 aromatic carbocycles. The summed E-state index contributed by atoms with van der Waals surface area (Å²) in [5.41, 5.74) is 2.50. The zero-order chi connectivity index (χ0) is 17.4. The van der Waals surface area contributed by atoms with Crippen molar-refractivity contribution < 1.29 is 9.53 Å². The molecule has 0 spiro atoms. The molecular weight excluding hydrogens is 300 g/mol. The van der Waals surface area contributed by atoms with Crippen LogP contribution in [-0.2, 0) is 14.9 Å². The summed E-state index contributed by atoms with van der Waals surface area (Å²) in [6.45, 7) is 12.0. The highest BCUT2D eigenvalue weighted by Gasteiger charge is 2.12. The average molecular weight is 330 g/mol. The largest absolute Gasteiger partial charge is 0.379 e. The summed E-state index contributed by atoms with van der Waals surface area (Å²) in [5, 5.41) is 2.94. The van der Waals surface area contributed by atoms with Crippen LogP contribution in [0, 0.1) is 0 Å². The topological polar surface area (TPSA) is 41.6 Å². The second kappa shape index (κ2) is 9.00. The van der Waals surface area contributed by atoms with Crippen LogP contribution in [0.4, 0.5) is 0 Å². The Kier molecular flexibility index (Phi) is 7.00. The number of nitrogens with zero attached hydrogens (tertiary/aromatic N) is 1. The van der Waals surface area contributed by atoms with Gasteiger partial charge in [-0.1, -0.05) is 45.0 Å². The number of ether oxygens (including phenoxy) is 1. The van der Waals surface area contributed by atoms with Crippen molar-refractivity contribution >= 4 is 12.0 Å². The van der Waals surface area contributed by atoms with Gasteiger partial charge >= 0.3 is 0 Å². The molecule has 1 fully saturated rings. The fourth-order valence-corrected chi connectivity index (χ4v) is 2.66. The number of rotatable bonds is 6. The second-order valence-electron chi connectivity index (χ2n) is 7.30. The molecule has 132 valence electrons. The maximum atomic E-state index is 11.9. The van der Waals surface area contributed by atoms with Crippen LogP contribution >= 0.6 is 0 Å². The van der Waals surface area contributed by atoms with Gasteiger partial charge in [0.25, 0.3) is 0 Å². The van der Waals surface area contributed by atoms with Crippen molar-refractivity contribution in [3.05, 3.63) is 41.5 Å². The Balaban J connectivity index is 1.68. The minimum absolute atomic E-state index is 0.0307. The summed E-state index contributed by atoms with van der Waals surface area (Å²) in [5.74, 6) is -0.0307. The Morgan fingerprint density at radius 2 is 1.88 bits per heavy atom. The molecule has 0 unspecified atom stereocenters. The van der Waals surface area contributed by atoms with Gasteiger partial charge in [-0.2, -0.15) is 0 Å². The molecule has 24 heavy (non-hydrogen) atoms. The van der Waals surface area contributed by atoms with E-state index in [0.29, 0.717) is 6.54 Å². The number of amides is 1. The maximum Gasteiger partial charge on any atom is 0.243 e. The Morgan fingerprint density at radius 3 is 2.50 bits per heavy atom. The molecule has 0 aromatic heterocycles. The van der Waals surface area contributed by atoms with Crippen LogP contribution in [0.15, 0.2) is 30.3 Å². The van der Waals surface area contributed by atoms with Crippen molar-refractivity contribution in [1.29, 1.82) is 0 Å². The maximum absolute atomic E-state index is 11.9. The Labute approximate surface area is 145 Å². The first kappa shape index (κ1) is 18.7. The molecule has 1 saturated heterocycles. The third-order valence-corrected chi connectivity index (χ3v) is 4.26. The van der Waals surface area contributed by atoms with Gasteiger partial charge in [-0.05, 0) is 35.6 Å². The first-order valence-corrected chi connectivity index (χ1v) is 8.82. The van der Waals surface area contributed by atoms with Gasteiger partial charge in [0.05, 0.1) is 13.2 Å². The third kappa shape index (κ3) is 6.46. The van der Waals surface area contributed by atoms with Gasteiger partial charge in [-0.3, -0.25) is 9.69 Å². The molecule has 1 aliphatic rings. The highest BCUT2D eigenvalue weighted by Crippen LogP contribution is 2.22. The van der Waals surface area contributed by atoms with Crippen molar-refractivity contribution in [2.45, 2.75) is 32.6 Å². The number of carbonyl (C=O) groups excluding carboxylic acids is 1. The van der Waals surface area contributed by atoms with Crippen LogP contribution in [0.5, 0.6) is 0 Å². The summed E-state index contributed by atoms with van der Waals surface area (Å²) in [4.78, 5) is 14.2. The van der Waals surface area contributed by atoms with Crippen LogP contribution < -0.4 is 5.32 Å². The molecule has 0 saturated carbocycles. The quantitative estimate of drug-likeness (QED) is 0.644. The standard InChI is InChI=1S/C20H30N2O2/c1-20(2,3)18-8-5-17(6-9-18)7-10-19(23)21-11-4-12-22-13-15-24-16-14-22/h5-10H,4,11-16H2,1-3H3,(H,21,23). The lowest BCUT2D eigenvalue weighted by molar-refractivity contribution is -0.116. The monoisotopic (exact) mass is 330 g/mol. The molecule has 0 bridgehead atoms. The van der Waals surface area contributed by atoms with Crippen LogP contribution in [0.3, 0.4) is 0 Å². The molecule has 0 atom stereocenters. The predicted octanol–water partition coefficient (Wildman–Crippen LogP) is 2.84. The number of carbonyl (C=O) groups is 1. The lowest BCUT2D eigenvalue weighted by Gasteiger charge is -2.26. The van der Waals surface area contributed by atoms with Crippen LogP contribution in [-0.4, -0.2) is 50.2 Å². The van der Waals surface area contributed by atoms with E-state index >= 15 is 0 Å². The van der Waals surface area contributed by atoms with E-state index in [1.54, 1.807) is 6.08 Å². The van der Waals surface area contributed by atoms with Crippen molar-refractivity contribution in [3.8, 4) is 0 Å². The van der Waals surface area contributed by atoms with Crippen LogP contribution in [0.25, 0.3) is 6.08 Å². The molecule has 2 rings (SSSR count). The first-order chi connectivity index (χ1) is 11.4. The molecule has 1 aliphatic heterocycles. The molecule has 0 radical (unpaired) electrons.